The molecule has 152 valence electrons. The molecule has 0 bridgehead atoms. The summed E-state index contributed by atoms with van der Waals surface area (Å²) in [7, 11) is 4.45. The second-order valence-electron chi connectivity index (χ2n) is 8.51. The summed E-state index contributed by atoms with van der Waals surface area (Å²) in [4.78, 5) is 0. The van der Waals surface area contributed by atoms with Crippen molar-refractivity contribution in [3.63, 3.8) is 0 Å². The number of benzene rings is 2. The van der Waals surface area contributed by atoms with Crippen molar-refractivity contribution in [1.82, 2.24) is 0 Å². The van der Waals surface area contributed by atoms with E-state index in [0.29, 0.717) is 0 Å². The highest BCUT2D eigenvalue weighted by molar-refractivity contribution is 7.68. The molecule has 2 atom stereocenters. The Morgan fingerprint density at radius 2 is 1.43 bits per heavy atom. The van der Waals surface area contributed by atoms with Crippen LogP contribution in [0.4, 0.5) is 0 Å². The minimum absolute atomic E-state index is 0.0341. The first kappa shape index (κ1) is 21.0. The number of fused-ring (bicyclic) bond motifs is 1. The topological polar surface area (TPSA) is 36.9 Å². The third-order valence-corrected chi connectivity index (χ3v) is 8.84. The number of rotatable bonds is 5. The van der Waals surface area contributed by atoms with Crippen molar-refractivity contribution in [1.29, 1.82) is 0 Å². The van der Waals surface area contributed by atoms with Gasteiger partial charge in [-0.1, -0.05) is 39.0 Å². The number of methoxy groups -OCH3 is 3. The molecule has 5 heteroatoms. The van der Waals surface area contributed by atoms with Gasteiger partial charge in [0.2, 0.25) is 0 Å². The van der Waals surface area contributed by atoms with Crippen molar-refractivity contribution in [2.75, 3.05) is 21.3 Å². The molecule has 1 aliphatic heterocycles. The first-order valence-electron chi connectivity index (χ1n) is 9.51. The SMILES string of the molecule is COc1cccc(OC)c1-c1cccc2c1[P@@](C(C)(C)C)C(C(C)(C)OC)O2. The van der Waals surface area contributed by atoms with E-state index in [0.717, 1.165) is 28.4 Å². The second kappa shape index (κ2) is 7.57. The average molecular weight is 402 g/mol. The summed E-state index contributed by atoms with van der Waals surface area (Å²) < 4.78 is 23.8. The van der Waals surface area contributed by atoms with Gasteiger partial charge in [-0.25, -0.2) is 0 Å². The van der Waals surface area contributed by atoms with E-state index in [1.807, 2.05) is 24.3 Å². The third-order valence-electron chi connectivity index (χ3n) is 5.25. The fourth-order valence-corrected chi connectivity index (χ4v) is 7.08. The molecule has 2 aromatic rings. The van der Waals surface area contributed by atoms with Gasteiger partial charge in [-0.2, -0.15) is 0 Å². The van der Waals surface area contributed by atoms with Gasteiger partial charge >= 0.3 is 0 Å². The molecule has 0 saturated heterocycles. The van der Waals surface area contributed by atoms with Crippen molar-refractivity contribution in [3.05, 3.63) is 36.4 Å². The lowest BCUT2D eigenvalue weighted by Crippen LogP contribution is -2.42. The first-order chi connectivity index (χ1) is 13.2. The maximum atomic E-state index is 6.53. The van der Waals surface area contributed by atoms with E-state index in [1.54, 1.807) is 21.3 Å². The molecule has 0 radical (unpaired) electrons. The zero-order valence-electron chi connectivity index (χ0n) is 18.1. The van der Waals surface area contributed by atoms with Crippen LogP contribution in [0.3, 0.4) is 0 Å². The summed E-state index contributed by atoms with van der Waals surface area (Å²) >= 11 is 0. The van der Waals surface area contributed by atoms with Crippen LogP contribution in [0.25, 0.3) is 11.1 Å². The number of hydrogen-bond acceptors (Lipinski definition) is 4. The molecule has 3 rings (SSSR count). The van der Waals surface area contributed by atoms with Gasteiger partial charge in [0.1, 0.15) is 28.7 Å². The maximum absolute atomic E-state index is 6.53. The van der Waals surface area contributed by atoms with E-state index in [4.69, 9.17) is 18.9 Å². The van der Waals surface area contributed by atoms with E-state index in [9.17, 15) is 0 Å². The van der Waals surface area contributed by atoms with E-state index in [-0.39, 0.29) is 11.0 Å². The molecule has 1 aliphatic rings. The molecule has 0 spiro atoms. The molecular weight excluding hydrogens is 371 g/mol. The van der Waals surface area contributed by atoms with Gasteiger partial charge in [-0.3, -0.25) is 0 Å². The second-order valence-corrected chi connectivity index (χ2v) is 11.5. The Hall–Kier alpha value is -1.77. The van der Waals surface area contributed by atoms with Crippen LogP contribution in [0.15, 0.2) is 36.4 Å². The van der Waals surface area contributed by atoms with E-state index < -0.39 is 13.5 Å². The van der Waals surface area contributed by atoms with Crippen LogP contribution in [-0.4, -0.2) is 37.9 Å². The summed E-state index contributed by atoms with van der Waals surface area (Å²) in [6, 6.07) is 12.1. The number of ether oxygens (including phenoxy) is 4. The van der Waals surface area contributed by atoms with Gasteiger partial charge < -0.3 is 18.9 Å². The molecule has 0 aliphatic carbocycles. The van der Waals surface area contributed by atoms with Crippen LogP contribution in [0, 0.1) is 0 Å². The van der Waals surface area contributed by atoms with E-state index in [1.165, 1.54) is 5.30 Å². The maximum Gasteiger partial charge on any atom is 0.150 e. The Morgan fingerprint density at radius 3 is 1.93 bits per heavy atom. The Labute approximate surface area is 169 Å². The Kier molecular flexibility index (Phi) is 5.67. The smallest absolute Gasteiger partial charge is 0.150 e. The van der Waals surface area contributed by atoms with Gasteiger partial charge in [-0.05, 0) is 45.1 Å². The molecule has 0 fully saturated rings. The zero-order chi connectivity index (χ0) is 20.7. The molecule has 0 aromatic heterocycles. The molecule has 0 saturated carbocycles. The molecular formula is C23H31O4P. The Balaban J connectivity index is 2.29. The van der Waals surface area contributed by atoms with Crippen LogP contribution < -0.4 is 19.5 Å². The minimum atomic E-state index is -0.697. The summed E-state index contributed by atoms with van der Waals surface area (Å²) in [5.41, 5.74) is 1.68. The van der Waals surface area contributed by atoms with Crippen molar-refractivity contribution in [2.45, 2.75) is 51.2 Å². The predicted molar refractivity (Wildman–Crippen MR) is 117 cm³/mol. The highest BCUT2D eigenvalue weighted by Gasteiger charge is 2.50. The van der Waals surface area contributed by atoms with Crippen LogP contribution in [-0.2, 0) is 4.74 Å². The first-order valence-corrected chi connectivity index (χ1v) is 10.9. The monoisotopic (exact) mass is 402 g/mol. The Morgan fingerprint density at radius 1 is 0.857 bits per heavy atom. The highest BCUT2D eigenvalue weighted by atomic mass is 31.1. The van der Waals surface area contributed by atoms with Crippen molar-refractivity contribution < 1.29 is 18.9 Å². The van der Waals surface area contributed by atoms with Crippen LogP contribution in [0.1, 0.15) is 34.6 Å². The lowest BCUT2D eigenvalue weighted by molar-refractivity contribution is -0.0296. The van der Waals surface area contributed by atoms with Gasteiger partial charge in [0, 0.05) is 18.0 Å². The normalized spacial score (nSPS) is 19.1. The molecule has 0 amide bonds. The fourth-order valence-electron chi connectivity index (χ4n) is 3.72. The quantitative estimate of drug-likeness (QED) is 0.626. The van der Waals surface area contributed by atoms with Gasteiger partial charge in [-0.15, -0.1) is 0 Å². The van der Waals surface area contributed by atoms with Crippen LogP contribution >= 0.6 is 7.92 Å². The summed E-state index contributed by atoms with van der Waals surface area (Å²) in [5, 5.41) is 1.29. The van der Waals surface area contributed by atoms with Crippen molar-refractivity contribution >= 4 is 13.2 Å². The van der Waals surface area contributed by atoms with Gasteiger partial charge in [0.05, 0.1) is 19.8 Å². The fraction of sp³-hybridized carbons (Fsp3) is 0.478. The number of hydrogen-bond donors (Lipinski definition) is 0. The summed E-state index contributed by atoms with van der Waals surface area (Å²) in [6.45, 7) is 11.1. The average Bonchev–Trinajstić information content (AvgIpc) is 3.08. The Bertz CT molecular complexity index is 832. The standard InChI is InChI=1S/C23H31O4P/c1-22(2,3)28-20-15(19-16(24-6)12-10-13-17(19)25-7)11-9-14-18(20)27-21(28)23(4,5)26-8/h9-14,21H,1-8H3/t21?,28-/m1/s1. The minimum Gasteiger partial charge on any atom is -0.496 e. The molecule has 4 nitrogen and oxygen atoms in total. The predicted octanol–water partition coefficient (Wildman–Crippen LogP) is 5.42. The third kappa shape index (κ3) is 3.49. The molecule has 1 unspecified atom stereocenters. The lowest BCUT2D eigenvalue weighted by Gasteiger charge is -2.39. The largest absolute Gasteiger partial charge is 0.496 e. The molecule has 0 N–H and O–H groups in total. The van der Waals surface area contributed by atoms with E-state index >= 15 is 0 Å². The van der Waals surface area contributed by atoms with Crippen molar-refractivity contribution in [2.24, 2.45) is 0 Å². The van der Waals surface area contributed by atoms with Crippen LogP contribution in [0.2, 0.25) is 0 Å². The van der Waals surface area contributed by atoms with Gasteiger partial charge in [0.25, 0.3) is 0 Å². The zero-order valence-corrected chi connectivity index (χ0v) is 19.0. The van der Waals surface area contributed by atoms with E-state index in [2.05, 4.69) is 46.8 Å². The lowest BCUT2D eigenvalue weighted by atomic mass is 10.0. The summed E-state index contributed by atoms with van der Waals surface area (Å²) in [5.74, 6) is 2.49. The molecule has 28 heavy (non-hydrogen) atoms. The highest BCUT2D eigenvalue weighted by Crippen LogP contribution is 2.63. The molecule has 2 aromatic carbocycles. The van der Waals surface area contributed by atoms with Gasteiger partial charge in [0.15, 0.2) is 0 Å². The summed E-state index contributed by atoms with van der Waals surface area (Å²) in [6.07, 6.45) is 0. The van der Waals surface area contributed by atoms with Crippen LogP contribution in [0.5, 0.6) is 17.2 Å². The molecule has 1 heterocycles. The van der Waals surface area contributed by atoms with Crippen molar-refractivity contribution in [3.8, 4) is 28.4 Å².